The predicted octanol–water partition coefficient (Wildman–Crippen LogP) is 14.2. The third kappa shape index (κ3) is 8.59. The molecule has 1 radical (unpaired) electrons. The van der Waals surface area contributed by atoms with Crippen LogP contribution in [0.2, 0.25) is 0 Å². The van der Waals surface area contributed by atoms with Gasteiger partial charge < -0.3 is 14.4 Å². The largest absolute Gasteiger partial charge is 0.498 e. The fraction of sp³-hybridized carbons (Fsp3) is 0.300. The molecule has 0 atom stereocenters. The molecule has 56 heavy (non-hydrogen) atoms. The summed E-state index contributed by atoms with van der Waals surface area (Å²) in [5.41, 5.74) is 12.2. The van der Waals surface area contributed by atoms with Crippen molar-refractivity contribution >= 4 is 43.5 Å². The van der Waals surface area contributed by atoms with Crippen LogP contribution in [-0.2, 0) is 31.9 Å². The van der Waals surface area contributed by atoms with Gasteiger partial charge in [-0.05, 0) is 82.4 Å². The Morgan fingerprint density at radius 3 is 2.20 bits per heavy atom. The number of pyridine rings is 2. The van der Waals surface area contributed by atoms with Gasteiger partial charge in [-0.15, -0.1) is 64.9 Å². The van der Waals surface area contributed by atoms with Crippen molar-refractivity contribution in [1.82, 2.24) is 15.0 Å². The number of rotatable bonds is 5. The summed E-state index contributed by atoms with van der Waals surface area (Å²) in [5.74, 6) is 0.358. The number of benzene rings is 4. The molecule has 6 heteroatoms. The number of aryl methyl sites for hydroxylation is 3. The number of aromatic nitrogens is 3. The zero-order chi connectivity index (χ0) is 43.5. The van der Waals surface area contributed by atoms with Gasteiger partial charge in [-0.1, -0.05) is 116 Å². The van der Waals surface area contributed by atoms with Crippen molar-refractivity contribution < 1.29 is 31.4 Å². The molecule has 8 rings (SSSR count). The van der Waals surface area contributed by atoms with Crippen LogP contribution in [0.15, 0.2) is 95.7 Å². The van der Waals surface area contributed by atoms with Crippen molar-refractivity contribution in [3.8, 4) is 33.6 Å². The van der Waals surface area contributed by atoms with E-state index < -0.39 is 18.6 Å². The van der Waals surface area contributed by atoms with Gasteiger partial charge in [-0.3, -0.25) is 0 Å². The van der Waals surface area contributed by atoms with E-state index >= 15 is 0 Å². The van der Waals surface area contributed by atoms with Crippen LogP contribution in [0, 0.1) is 38.2 Å². The molecular formula is C50H51IrN3OS-2. The first-order valence-electron chi connectivity index (χ1n) is 21.3. The van der Waals surface area contributed by atoms with Gasteiger partial charge in [0, 0.05) is 50.2 Å². The maximum atomic E-state index is 8.25. The second-order valence-electron chi connectivity index (χ2n) is 16.6. The third-order valence-electron chi connectivity index (χ3n) is 9.53. The SMILES string of the molecule is Cc1cccc(C)c1-c1cc(-c2[c-]ccc3c2oc2c3ccc3sc(C(C)(C)C)nc32)ncc1C(C)C.[2H]C([2H])([2H])c1c[c-]c(-c2ccc(C([2H])([2H])C(C)(C)C)cn2)cc1.[Ir]. The fourth-order valence-electron chi connectivity index (χ4n) is 6.86. The number of furan rings is 1. The average Bonchev–Trinajstić information content (AvgIpc) is 3.80. The summed E-state index contributed by atoms with van der Waals surface area (Å²) in [6.45, 7) is 18.8. The maximum Gasteiger partial charge on any atom is 0.148 e. The van der Waals surface area contributed by atoms with E-state index in [-0.39, 0.29) is 31.1 Å². The van der Waals surface area contributed by atoms with Crippen LogP contribution in [0.4, 0.5) is 0 Å². The van der Waals surface area contributed by atoms with Crippen LogP contribution in [0.1, 0.15) is 101 Å². The topological polar surface area (TPSA) is 51.8 Å². The molecule has 0 aliphatic heterocycles. The van der Waals surface area contributed by atoms with Gasteiger partial charge in [0.05, 0.1) is 15.3 Å². The second-order valence-corrected chi connectivity index (χ2v) is 17.7. The van der Waals surface area contributed by atoms with E-state index in [4.69, 9.17) is 21.2 Å². The molecule has 0 unspecified atom stereocenters. The van der Waals surface area contributed by atoms with Crippen molar-refractivity contribution in [2.24, 2.45) is 5.41 Å². The molecule has 0 amide bonds. The third-order valence-corrected chi connectivity index (χ3v) is 11.0. The standard InChI is InChI=1S/C33H31N2OS.C17H20N.Ir/c1-18(2)25-17-34-26(16-24(25)28-19(3)10-8-11-20(28)4)23-13-9-12-21-22-14-15-27-29(31(22)36-30(21)23)35-32(37-27)33(5,6)7;1-13-5-8-15(9-6-13)16-10-7-14(12-18-16)11-17(2,3)4;/h8-12,14-18H,1-7H3;5-8,10,12H,11H2,1-4H3;/q2*-1;/i;1D3,11D2;. The van der Waals surface area contributed by atoms with E-state index in [1.54, 1.807) is 35.6 Å². The summed E-state index contributed by atoms with van der Waals surface area (Å²) < 4.78 is 46.3. The molecule has 0 aliphatic carbocycles. The Hall–Kier alpha value is -4.48. The average molecular weight is 939 g/mol. The Morgan fingerprint density at radius 2 is 1.57 bits per heavy atom. The molecular weight excluding hydrogens is 883 g/mol. The zero-order valence-electron chi connectivity index (χ0n) is 38.7. The van der Waals surface area contributed by atoms with Crippen LogP contribution in [0.25, 0.3) is 65.8 Å². The van der Waals surface area contributed by atoms with Gasteiger partial charge in [0.2, 0.25) is 0 Å². The van der Waals surface area contributed by atoms with Crippen LogP contribution in [-0.4, -0.2) is 15.0 Å². The molecule has 289 valence electrons. The van der Waals surface area contributed by atoms with Gasteiger partial charge >= 0.3 is 0 Å². The molecule has 4 aromatic carbocycles. The molecule has 0 bridgehead atoms. The summed E-state index contributed by atoms with van der Waals surface area (Å²) in [5, 5.41) is 3.27. The summed E-state index contributed by atoms with van der Waals surface area (Å²) in [4.78, 5) is 14.3. The van der Waals surface area contributed by atoms with E-state index in [2.05, 4.69) is 108 Å². The normalized spacial score (nSPS) is 13.7. The summed E-state index contributed by atoms with van der Waals surface area (Å²) in [7, 11) is 0. The quantitative estimate of drug-likeness (QED) is 0.161. The van der Waals surface area contributed by atoms with Gasteiger partial charge in [0.15, 0.2) is 0 Å². The van der Waals surface area contributed by atoms with E-state index in [1.807, 2.05) is 33.0 Å². The molecule has 0 aliphatic rings. The van der Waals surface area contributed by atoms with Crippen LogP contribution in [0.5, 0.6) is 0 Å². The summed E-state index contributed by atoms with van der Waals surface area (Å²) in [6.07, 6.45) is 2.07. The van der Waals surface area contributed by atoms with E-state index in [0.717, 1.165) is 48.4 Å². The predicted molar refractivity (Wildman–Crippen MR) is 233 cm³/mol. The van der Waals surface area contributed by atoms with Gasteiger partial charge in [-0.2, -0.15) is 0 Å². The first-order valence-corrected chi connectivity index (χ1v) is 19.6. The first kappa shape index (κ1) is 34.7. The Balaban J connectivity index is 0.000000225. The van der Waals surface area contributed by atoms with Crippen molar-refractivity contribution in [3.05, 3.63) is 136 Å². The summed E-state index contributed by atoms with van der Waals surface area (Å²) >= 11 is 1.74. The minimum Gasteiger partial charge on any atom is -0.498 e. The minimum absolute atomic E-state index is 0. The van der Waals surface area contributed by atoms with Crippen molar-refractivity contribution in [2.45, 2.75) is 93.8 Å². The molecule has 0 spiro atoms. The van der Waals surface area contributed by atoms with E-state index in [1.165, 1.54) is 40.1 Å². The smallest absolute Gasteiger partial charge is 0.148 e. The zero-order valence-corrected chi connectivity index (χ0v) is 36.9. The Labute approximate surface area is 357 Å². The second kappa shape index (κ2) is 16.2. The number of fused-ring (bicyclic) bond motifs is 5. The Morgan fingerprint density at radius 1 is 0.839 bits per heavy atom. The van der Waals surface area contributed by atoms with E-state index in [0.29, 0.717) is 22.7 Å². The van der Waals surface area contributed by atoms with E-state index in [9.17, 15) is 0 Å². The molecule has 0 fully saturated rings. The van der Waals surface area contributed by atoms with Crippen molar-refractivity contribution in [1.29, 1.82) is 0 Å². The minimum atomic E-state index is -2.14. The number of hydrogen-bond acceptors (Lipinski definition) is 5. The van der Waals surface area contributed by atoms with Gasteiger partial charge in [0.25, 0.3) is 0 Å². The molecule has 0 saturated heterocycles. The Kier molecular flexibility index (Phi) is 10.0. The van der Waals surface area contributed by atoms with Gasteiger partial charge in [0.1, 0.15) is 11.1 Å². The molecule has 0 N–H and O–H groups in total. The molecule has 0 saturated carbocycles. The number of nitrogens with zero attached hydrogens (tertiary/aromatic N) is 3. The van der Waals surface area contributed by atoms with Crippen LogP contribution < -0.4 is 0 Å². The number of hydrogen-bond donors (Lipinski definition) is 0. The maximum absolute atomic E-state index is 8.25. The van der Waals surface area contributed by atoms with Crippen molar-refractivity contribution in [2.75, 3.05) is 0 Å². The van der Waals surface area contributed by atoms with Gasteiger partial charge in [-0.25, -0.2) is 4.98 Å². The van der Waals surface area contributed by atoms with Crippen LogP contribution >= 0.6 is 11.3 Å². The summed E-state index contributed by atoms with van der Waals surface area (Å²) in [6, 6.07) is 31.6. The number of thiazole rings is 1. The van der Waals surface area contributed by atoms with Crippen molar-refractivity contribution in [3.63, 3.8) is 0 Å². The molecule has 4 aromatic heterocycles. The molecule has 4 nitrogen and oxygen atoms in total. The first-order chi connectivity index (χ1) is 28.1. The molecule has 4 heterocycles. The monoisotopic (exact) mass is 939 g/mol. The van der Waals surface area contributed by atoms with Crippen LogP contribution in [0.3, 0.4) is 0 Å². The molecule has 8 aromatic rings. The fourth-order valence-corrected chi connectivity index (χ4v) is 7.89. The Bertz CT molecular complexity index is 2830.